The van der Waals surface area contributed by atoms with Gasteiger partial charge in [0, 0.05) is 18.2 Å². The van der Waals surface area contributed by atoms with Crippen molar-refractivity contribution in [2.24, 2.45) is 0 Å². The Kier molecular flexibility index (Phi) is 3.64. The van der Waals surface area contributed by atoms with Crippen molar-refractivity contribution in [2.75, 3.05) is 17.2 Å². The molecule has 0 spiro atoms. The average molecular weight is 284 g/mol. The van der Waals surface area contributed by atoms with E-state index in [1.165, 1.54) is 12.8 Å². The van der Waals surface area contributed by atoms with Crippen LogP contribution < -0.4 is 10.6 Å². The monoisotopic (exact) mass is 284 g/mol. The molecule has 0 aliphatic carbocycles. The minimum absolute atomic E-state index is 0.205. The molecule has 3 rings (SSSR count). The molecule has 1 aromatic carbocycles. The lowest BCUT2D eigenvalue weighted by atomic mass is 10.1. The normalized spacial score (nSPS) is 18.1. The van der Waals surface area contributed by atoms with Crippen molar-refractivity contribution in [1.82, 2.24) is 10.2 Å². The van der Waals surface area contributed by atoms with Crippen LogP contribution in [0.25, 0.3) is 11.3 Å². The van der Waals surface area contributed by atoms with E-state index in [0.29, 0.717) is 23.1 Å². The van der Waals surface area contributed by atoms with Crippen LogP contribution in [0.5, 0.6) is 5.75 Å². The molecule has 0 amide bonds. The van der Waals surface area contributed by atoms with Crippen LogP contribution >= 0.6 is 0 Å². The van der Waals surface area contributed by atoms with Gasteiger partial charge in [0.25, 0.3) is 0 Å². The molecule has 21 heavy (non-hydrogen) atoms. The second-order valence-corrected chi connectivity index (χ2v) is 5.41. The summed E-state index contributed by atoms with van der Waals surface area (Å²) in [5.41, 5.74) is 8.28. The summed E-state index contributed by atoms with van der Waals surface area (Å²) in [6, 6.07) is 9.59. The first-order valence-corrected chi connectivity index (χ1v) is 7.39. The van der Waals surface area contributed by atoms with Crippen LogP contribution in [0.3, 0.4) is 0 Å². The molecular formula is C16H20N4O. The molecule has 1 fully saturated rings. The average Bonchev–Trinajstić information content (AvgIpc) is 2.97. The first-order chi connectivity index (χ1) is 10.2. The molecule has 1 aliphatic rings. The molecule has 110 valence electrons. The third-order valence-electron chi connectivity index (χ3n) is 4.14. The Morgan fingerprint density at radius 3 is 2.90 bits per heavy atom. The summed E-state index contributed by atoms with van der Waals surface area (Å²) in [5, 5.41) is 18.2. The first-order valence-electron chi connectivity index (χ1n) is 7.39. The lowest BCUT2D eigenvalue weighted by Crippen LogP contribution is -2.29. The van der Waals surface area contributed by atoms with Crippen LogP contribution in [0, 0.1) is 0 Å². The van der Waals surface area contributed by atoms with Crippen LogP contribution in [0.15, 0.2) is 30.3 Å². The number of phenols is 1. The molecule has 0 saturated carbocycles. The molecular weight excluding hydrogens is 264 g/mol. The Hall–Kier alpha value is -2.30. The maximum atomic E-state index is 9.98. The number of aromatic nitrogens is 2. The summed E-state index contributed by atoms with van der Waals surface area (Å²) >= 11 is 0. The number of hydrogen-bond acceptors (Lipinski definition) is 5. The van der Waals surface area contributed by atoms with Crippen molar-refractivity contribution in [3.8, 4) is 17.0 Å². The molecule has 2 heterocycles. The maximum absolute atomic E-state index is 9.98. The van der Waals surface area contributed by atoms with Gasteiger partial charge in [-0.3, -0.25) is 0 Å². The number of hydrogen-bond donors (Lipinski definition) is 2. The van der Waals surface area contributed by atoms with E-state index in [2.05, 4.69) is 22.0 Å². The highest BCUT2D eigenvalue weighted by Gasteiger charge is 2.25. The Bertz CT molecular complexity index is 644. The van der Waals surface area contributed by atoms with Gasteiger partial charge in [-0.15, -0.1) is 10.2 Å². The lowest BCUT2D eigenvalue weighted by Gasteiger charge is -2.26. The first kappa shape index (κ1) is 13.7. The van der Waals surface area contributed by atoms with Gasteiger partial charge in [0.05, 0.1) is 11.4 Å². The van der Waals surface area contributed by atoms with Crippen LogP contribution in [-0.4, -0.2) is 27.9 Å². The predicted octanol–water partition coefficient (Wildman–Crippen LogP) is 2.81. The fourth-order valence-corrected chi connectivity index (χ4v) is 3.02. The molecule has 0 unspecified atom stereocenters. The van der Waals surface area contributed by atoms with Crippen molar-refractivity contribution in [3.05, 3.63) is 30.3 Å². The largest absolute Gasteiger partial charge is 0.507 e. The number of benzene rings is 1. The van der Waals surface area contributed by atoms with E-state index in [0.717, 1.165) is 18.7 Å². The minimum Gasteiger partial charge on any atom is -0.507 e. The number of rotatable bonds is 3. The van der Waals surface area contributed by atoms with Crippen molar-refractivity contribution in [2.45, 2.75) is 32.2 Å². The van der Waals surface area contributed by atoms with Crippen LogP contribution in [-0.2, 0) is 0 Å². The van der Waals surface area contributed by atoms with Gasteiger partial charge in [0.2, 0.25) is 0 Å². The number of nitrogens with two attached hydrogens (primary N) is 1. The highest BCUT2D eigenvalue weighted by atomic mass is 16.3. The van der Waals surface area contributed by atoms with E-state index in [9.17, 15) is 5.11 Å². The predicted molar refractivity (Wildman–Crippen MR) is 84.2 cm³/mol. The van der Waals surface area contributed by atoms with Crippen molar-refractivity contribution < 1.29 is 5.11 Å². The Balaban J connectivity index is 2.03. The van der Waals surface area contributed by atoms with Gasteiger partial charge in [-0.05, 0) is 37.5 Å². The van der Waals surface area contributed by atoms with Gasteiger partial charge < -0.3 is 15.7 Å². The Labute approximate surface area is 124 Å². The van der Waals surface area contributed by atoms with E-state index in [1.54, 1.807) is 12.1 Å². The van der Waals surface area contributed by atoms with Crippen LogP contribution in [0.1, 0.15) is 26.2 Å². The highest BCUT2D eigenvalue weighted by molar-refractivity contribution is 5.74. The standard InChI is InChI=1S/C16H20N4O/c1-2-11-6-5-9-20(11)14-10-13(18-19-16(14)17)12-7-3-4-8-15(12)21/h3-4,7-8,10-11,21H,2,5-6,9H2,1H3,(H2,17,19)/t11-/m0/s1. The second kappa shape index (κ2) is 5.60. The Morgan fingerprint density at radius 2 is 2.14 bits per heavy atom. The van der Waals surface area contributed by atoms with Gasteiger partial charge >= 0.3 is 0 Å². The molecule has 0 bridgehead atoms. The fourth-order valence-electron chi connectivity index (χ4n) is 3.02. The third-order valence-corrected chi connectivity index (χ3v) is 4.14. The van der Waals surface area contributed by atoms with Gasteiger partial charge in [-0.25, -0.2) is 0 Å². The van der Waals surface area contributed by atoms with Crippen molar-refractivity contribution >= 4 is 11.5 Å². The van der Waals surface area contributed by atoms with E-state index in [1.807, 2.05) is 18.2 Å². The van der Waals surface area contributed by atoms with Crippen molar-refractivity contribution in [3.63, 3.8) is 0 Å². The van der Waals surface area contributed by atoms with E-state index in [4.69, 9.17) is 5.73 Å². The van der Waals surface area contributed by atoms with Gasteiger partial charge in [0.1, 0.15) is 5.75 Å². The maximum Gasteiger partial charge on any atom is 0.169 e. The number of aromatic hydroxyl groups is 1. The molecule has 1 saturated heterocycles. The molecule has 5 heteroatoms. The number of anilines is 2. The number of phenolic OH excluding ortho intramolecular Hbond substituents is 1. The van der Waals surface area contributed by atoms with Crippen LogP contribution in [0.2, 0.25) is 0 Å². The van der Waals surface area contributed by atoms with Crippen molar-refractivity contribution in [1.29, 1.82) is 0 Å². The number of nitrogens with zero attached hydrogens (tertiary/aromatic N) is 3. The molecule has 5 nitrogen and oxygen atoms in total. The molecule has 1 atom stereocenters. The number of nitrogen functional groups attached to an aromatic ring is 1. The van der Waals surface area contributed by atoms with E-state index in [-0.39, 0.29) is 5.75 Å². The van der Waals surface area contributed by atoms with E-state index < -0.39 is 0 Å². The lowest BCUT2D eigenvalue weighted by molar-refractivity contribution is 0.477. The van der Waals surface area contributed by atoms with Crippen LogP contribution in [0.4, 0.5) is 11.5 Å². The molecule has 1 aromatic heterocycles. The molecule has 3 N–H and O–H groups in total. The molecule has 2 aromatic rings. The SMILES string of the molecule is CC[C@H]1CCCN1c1cc(-c2ccccc2O)nnc1N. The topological polar surface area (TPSA) is 75.3 Å². The quantitative estimate of drug-likeness (QED) is 0.906. The molecule has 1 aliphatic heterocycles. The summed E-state index contributed by atoms with van der Waals surface area (Å²) in [7, 11) is 0. The second-order valence-electron chi connectivity index (χ2n) is 5.41. The summed E-state index contributed by atoms with van der Waals surface area (Å²) in [4.78, 5) is 2.31. The van der Waals surface area contributed by atoms with E-state index >= 15 is 0 Å². The molecule has 0 radical (unpaired) electrons. The fraction of sp³-hybridized carbons (Fsp3) is 0.375. The third kappa shape index (κ3) is 2.51. The van der Waals surface area contributed by atoms with Gasteiger partial charge in [-0.1, -0.05) is 19.1 Å². The smallest absolute Gasteiger partial charge is 0.169 e. The highest BCUT2D eigenvalue weighted by Crippen LogP contribution is 2.34. The zero-order valence-electron chi connectivity index (χ0n) is 12.2. The zero-order valence-corrected chi connectivity index (χ0v) is 12.2. The Morgan fingerprint density at radius 1 is 1.33 bits per heavy atom. The minimum atomic E-state index is 0.205. The number of para-hydroxylation sites is 1. The summed E-state index contributed by atoms with van der Waals surface area (Å²) in [6.07, 6.45) is 3.45. The van der Waals surface area contributed by atoms with Gasteiger partial charge in [0.15, 0.2) is 5.82 Å². The summed E-state index contributed by atoms with van der Waals surface area (Å²) < 4.78 is 0. The summed E-state index contributed by atoms with van der Waals surface area (Å²) in [5.74, 6) is 0.658. The zero-order chi connectivity index (χ0) is 14.8. The summed E-state index contributed by atoms with van der Waals surface area (Å²) in [6.45, 7) is 3.19. The van der Waals surface area contributed by atoms with Gasteiger partial charge in [-0.2, -0.15) is 0 Å².